The average Bonchev–Trinajstić information content (AvgIpc) is 2.49. The number of anilines is 1. The number of hydrogen-bond donors (Lipinski definition) is 3. The van der Waals surface area contributed by atoms with Crippen molar-refractivity contribution in [2.45, 2.75) is 6.92 Å². The van der Waals surface area contributed by atoms with E-state index < -0.39 is 0 Å². The van der Waals surface area contributed by atoms with Gasteiger partial charge in [-0.3, -0.25) is 9.89 Å². The molecule has 2 heterocycles. The van der Waals surface area contributed by atoms with Crippen LogP contribution in [-0.4, -0.2) is 15.2 Å². The molecule has 2 rings (SSSR count). The third-order valence-electron chi connectivity index (χ3n) is 2.14. The quantitative estimate of drug-likeness (QED) is 0.617. The van der Waals surface area contributed by atoms with Gasteiger partial charge in [0, 0.05) is 24.0 Å². The molecule has 4 N–H and O–H groups in total. The number of aromatic nitrogens is 3. The second-order valence-corrected chi connectivity index (χ2v) is 3.03. The molecule has 0 aromatic carbocycles. The highest BCUT2D eigenvalue weighted by Gasteiger charge is 2.10. The van der Waals surface area contributed by atoms with Gasteiger partial charge < -0.3 is 10.7 Å². The standard InChI is InChI=1S/C9H10N4O/c1-5-8(12-13-9(5)10)6-4-11-3-2-7(6)14/h2-4H,1H3,(H,11,14)(H3,10,12,13). The maximum absolute atomic E-state index is 11.5. The number of nitrogen functional groups attached to an aromatic ring is 1. The summed E-state index contributed by atoms with van der Waals surface area (Å²) in [6, 6.07) is 1.46. The average molecular weight is 190 g/mol. The van der Waals surface area contributed by atoms with Crippen molar-refractivity contribution >= 4 is 5.82 Å². The minimum atomic E-state index is -0.0597. The molecular formula is C9H10N4O. The molecule has 2 aromatic rings. The van der Waals surface area contributed by atoms with Crippen molar-refractivity contribution in [1.29, 1.82) is 0 Å². The van der Waals surface area contributed by atoms with Crippen LogP contribution in [-0.2, 0) is 0 Å². The van der Waals surface area contributed by atoms with Crippen molar-refractivity contribution in [3.8, 4) is 11.3 Å². The largest absolute Gasteiger partial charge is 0.382 e. The fourth-order valence-corrected chi connectivity index (χ4v) is 1.29. The second-order valence-electron chi connectivity index (χ2n) is 3.03. The van der Waals surface area contributed by atoms with Crippen LogP contribution in [0.15, 0.2) is 23.3 Å². The zero-order chi connectivity index (χ0) is 10.1. The van der Waals surface area contributed by atoms with E-state index in [0.717, 1.165) is 5.56 Å². The summed E-state index contributed by atoms with van der Waals surface area (Å²) in [5.74, 6) is 0.420. The number of nitrogens with one attached hydrogen (secondary N) is 2. The predicted octanol–water partition coefficient (Wildman–Crippen LogP) is 0.656. The number of pyridine rings is 1. The predicted molar refractivity (Wildman–Crippen MR) is 53.8 cm³/mol. The van der Waals surface area contributed by atoms with Crippen molar-refractivity contribution < 1.29 is 0 Å². The first kappa shape index (κ1) is 8.55. The van der Waals surface area contributed by atoms with E-state index >= 15 is 0 Å². The van der Waals surface area contributed by atoms with Gasteiger partial charge in [0.15, 0.2) is 5.43 Å². The van der Waals surface area contributed by atoms with Gasteiger partial charge in [-0.1, -0.05) is 0 Å². The van der Waals surface area contributed by atoms with Gasteiger partial charge in [-0.05, 0) is 6.92 Å². The Morgan fingerprint density at radius 2 is 2.29 bits per heavy atom. The lowest BCUT2D eigenvalue weighted by Crippen LogP contribution is -2.03. The van der Waals surface area contributed by atoms with Gasteiger partial charge in [0.1, 0.15) is 5.82 Å². The molecule has 14 heavy (non-hydrogen) atoms. The lowest BCUT2D eigenvalue weighted by molar-refractivity contribution is 1.10. The summed E-state index contributed by atoms with van der Waals surface area (Å²) in [7, 11) is 0. The van der Waals surface area contributed by atoms with Gasteiger partial charge in [-0.25, -0.2) is 0 Å². The summed E-state index contributed by atoms with van der Waals surface area (Å²) in [6.07, 6.45) is 3.21. The highest BCUT2D eigenvalue weighted by molar-refractivity contribution is 5.66. The SMILES string of the molecule is Cc1c(N)n[nH]c1-c1c[nH]ccc1=O. The van der Waals surface area contributed by atoms with Crippen LogP contribution in [0, 0.1) is 6.92 Å². The van der Waals surface area contributed by atoms with Crippen LogP contribution in [0.3, 0.4) is 0 Å². The maximum atomic E-state index is 11.5. The molecule has 5 nitrogen and oxygen atoms in total. The van der Waals surface area contributed by atoms with Gasteiger partial charge in [0.2, 0.25) is 0 Å². The Morgan fingerprint density at radius 3 is 2.86 bits per heavy atom. The lowest BCUT2D eigenvalue weighted by atomic mass is 10.1. The van der Waals surface area contributed by atoms with Crippen LogP contribution in [0.25, 0.3) is 11.3 Å². The Morgan fingerprint density at radius 1 is 1.50 bits per heavy atom. The van der Waals surface area contributed by atoms with E-state index in [2.05, 4.69) is 15.2 Å². The molecule has 5 heteroatoms. The Labute approximate surface area is 80.0 Å². The summed E-state index contributed by atoms with van der Waals surface area (Å²) < 4.78 is 0. The fraction of sp³-hybridized carbons (Fsp3) is 0.111. The third kappa shape index (κ3) is 1.19. The minimum Gasteiger partial charge on any atom is -0.382 e. The molecule has 0 aliphatic rings. The van der Waals surface area contributed by atoms with E-state index in [4.69, 9.17) is 5.73 Å². The van der Waals surface area contributed by atoms with Crippen LogP contribution in [0.2, 0.25) is 0 Å². The van der Waals surface area contributed by atoms with Crippen LogP contribution in [0.4, 0.5) is 5.82 Å². The van der Waals surface area contributed by atoms with Crippen molar-refractivity contribution in [1.82, 2.24) is 15.2 Å². The van der Waals surface area contributed by atoms with Gasteiger partial charge >= 0.3 is 0 Å². The zero-order valence-electron chi connectivity index (χ0n) is 7.66. The van der Waals surface area contributed by atoms with Gasteiger partial charge in [0.25, 0.3) is 0 Å². The first-order chi connectivity index (χ1) is 6.70. The summed E-state index contributed by atoms with van der Waals surface area (Å²) in [5, 5.41) is 6.57. The van der Waals surface area contributed by atoms with Crippen molar-refractivity contribution in [3.63, 3.8) is 0 Å². The maximum Gasteiger partial charge on any atom is 0.190 e. The van der Waals surface area contributed by atoms with Crippen LogP contribution in [0.5, 0.6) is 0 Å². The molecule has 0 aliphatic carbocycles. The summed E-state index contributed by atoms with van der Waals surface area (Å²) in [5.41, 5.74) is 7.53. The Balaban J connectivity index is 2.67. The molecule has 0 saturated carbocycles. The molecule has 0 unspecified atom stereocenters. The molecule has 0 saturated heterocycles. The van der Waals surface area contributed by atoms with Gasteiger partial charge in [-0.2, -0.15) is 5.10 Å². The number of H-pyrrole nitrogens is 2. The third-order valence-corrected chi connectivity index (χ3v) is 2.14. The van der Waals surface area contributed by atoms with E-state index in [1.807, 2.05) is 6.92 Å². The fourth-order valence-electron chi connectivity index (χ4n) is 1.29. The molecule has 0 atom stereocenters. The summed E-state index contributed by atoms with van der Waals surface area (Å²) in [6.45, 7) is 1.82. The number of nitrogens with zero attached hydrogens (tertiary/aromatic N) is 1. The number of nitrogens with two attached hydrogens (primary N) is 1. The van der Waals surface area contributed by atoms with E-state index in [-0.39, 0.29) is 5.43 Å². The Kier molecular flexibility index (Phi) is 1.85. The van der Waals surface area contributed by atoms with Crippen molar-refractivity contribution in [2.75, 3.05) is 5.73 Å². The Bertz CT molecular complexity index is 512. The summed E-state index contributed by atoms with van der Waals surface area (Å²) in [4.78, 5) is 14.3. The molecule has 0 amide bonds. The van der Waals surface area contributed by atoms with Crippen molar-refractivity contribution in [3.05, 3.63) is 34.2 Å². The topological polar surface area (TPSA) is 87.6 Å². The van der Waals surface area contributed by atoms with Crippen LogP contribution >= 0.6 is 0 Å². The molecule has 0 radical (unpaired) electrons. The number of hydrogen-bond acceptors (Lipinski definition) is 3. The van der Waals surface area contributed by atoms with E-state index in [1.54, 1.807) is 12.4 Å². The first-order valence-corrected chi connectivity index (χ1v) is 4.18. The van der Waals surface area contributed by atoms with Crippen molar-refractivity contribution in [2.24, 2.45) is 0 Å². The van der Waals surface area contributed by atoms with Gasteiger partial charge in [0.05, 0.1) is 11.3 Å². The van der Waals surface area contributed by atoms with Gasteiger partial charge in [-0.15, -0.1) is 0 Å². The molecule has 0 spiro atoms. The molecule has 0 fully saturated rings. The number of rotatable bonds is 1. The monoisotopic (exact) mass is 190 g/mol. The zero-order valence-corrected chi connectivity index (χ0v) is 7.66. The Hall–Kier alpha value is -2.04. The molecular weight excluding hydrogens is 180 g/mol. The second kappa shape index (κ2) is 3.02. The van der Waals surface area contributed by atoms with Crippen LogP contribution < -0.4 is 11.2 Å². The van der Waals surface area contributed by atoms with E-state index in [9.17, 15) is 4.79 Å². The number of aromatic amines is 2. The molecule has 72 valence electrons. The normalized spacial score (nSPS) is 10.4. The lowest BCUT2D eigenvalue weighted by Gasteiger charge is -1.96. The molecule has 2 aromatic heterocycles. The molecule has 0 aliphatic heterocycles. The highest BCUT2D eigenvalue weighted by atomic mass is 16.1. The van der Waals surface area contributed by atoms with E-state index in [0.29, 0.717) is 17.1 Å². The molecule has 0 bridgehead atoms. The minimum absolute atomic E-state index is 0.0597. The van der Waals surface area contributed by atoms with E-state index in [1.165, 1.54) is 6.07 Å². The smallest absolute Gasteiger partial charge is 0.190 e. The first-order valence-electron chi connectivity index (χ1n) is 4.18. The van der Waals surface area contributed by atoms with Crippen LogP contribution in [0.1, 0.15) is 5.56 Å². The summed E-state index contributed by atoms with van der Waals surface area (Å²) >= 11 is 0. The highest BCUT2D eigenvalue weighted by Crippen LogP contribution is 2.20.